The summed E-state index contributed by atoms with van der Waals surface area (Å²) < 4.78 is 31.5. The average molecular weight is 176 g/mol. The quantitative estimate of drug-likeness (QED) is 0.616. The Morgan fingerprint density at radius 2 is 1.50 bits per heavy atom. The van der Waals surface area contributed by atoms with Crippen LogP contribution >= 0.6 is 0 Å². The molecule has 0 spiro atoms. The number of hydrogen-bond donors (Lipinski definition) is 0. The zero-order chi connectivity index (χ0) is 9.40. The molecule has 0 saturated carbocycles. The number of hydrogen-bond acceptors (Lipinski definition) is 0. The Labute approximate surface area is 70.0 Å². The largest absolute Gasteiger partial charge is 0.229 e. The minimum absolute atomic E-state index is 0.160. The second kappa shape index (κ2) is 6.70. The first-order valence-corrected chi connectivity index (χ1v) is 3.61. The van der Waals surface area contributed by atoms with Crippen LogP contribution in [0, 0.1) is 5.82 Å². The van der Waals surface area contributed by atoms with E-state index in [2.05, 4.69) is 0 Å². The highest BCUT2D eigenvalue weighted by Crippen LogP contribution is 2.01. The van der Waals surface area contributed by atoms with Gasteiger partial charge in [0.1, 0.15) is 5.82 Å². The maximum absolute atomic E-state index is 12.2. The number of benzene rings is 1. The van der Waals surface area contributed by atoms with Crippen LogP contribution in [0.3, 0.4) is 0 Å². The van der Waals surface area contributed by atoms with E-state index in [4.69, 9.17) is 0 Å². The third kappa shape index (κ3) is 4.77. The summed E-state index contributed by atoms with van der Waals surface area (Å²) in [5.41, 5.74) is 1.18. The van der Waals surface area contributed by atoms with Crippen LogP contribution in [-0.2, 0) is 6.42 Å². The van der Waals surface area contributed by atoms with Gasteiger partial charge in [0, 0.05) is 0 Å². The Kier molecular flexibility index (Phi) is 6.15. The summed E-state index contributed by atoms with van der Waals surface area (Å²) in [7, 11) is 0. The van der Waals surface area contributed by atoms with Crippen LogP contribution in [0.4, 0.5) is 13.2 Å². The molecule has 0 nitrogen and oxygen atoms in total. The van der Waals surface area contributed by atoms with Gasteiger partial charge >= 0.3 is 0 Å². The molecule has 0 aliphatic carbocycles. The molecule has 0 bridgehead atoms. The molecular weight excluding hydrogens is 165 g/mol. The molecule has 1 aromatic carbocycles. The summed E-state index contributed by atoms with van der Waals surface area (Å²) in [6.45, 7) is 0.299. The van der Waals surface area contributed by atoms with Gasteiger partial charge in [-0.25, -0.2) is 13.2 Å². The van der Waals surface area contributed by atoms with E-state index in [-0.39, 0.29) is 5.82 Å². The van der Waals surface area contributed by atoms with Crippen LogP contribution in [0.15, 0.2) is 24.3 Å². The van der Waals surface area contributed by atoms with Crippen molar-refractivity contribution in [1.82, 2.24) is 0 Å². The fraction of sp³-hybridized carbons (Fsp3) is 0.333. The molecule has 0 N–H and O–H groups in total. The lowest BCUT2D eigenvalue weighted by molar-refractivity contribution is 0.295. The Bertz CT molecular complexity index is 193. The highest BCUT2D eigenvalue weighted by Gasteiger charge is 1.87. The van der Waals surface area contributed by atoms with Gasteiger partial charge in [-0.1, -0.05) is 19.1 Å². The summed E-state index contributed by atoms with van der Waals surface area (Å²) in [4.78, 5) is 0. The van der Waals surface area contributed by atoms with Crippen LogP contribution in [-0.4, -0.2) is 6.93 Å². The summed E-state index contributed by atoms with van der Waals surface area (Å²) >= 11 is 0. The molecule has 0 radical (unpaired) electrons. The normalized spacial score (nSPS) is 8.67. The Hall–Kier alpha value is -0.990. The van der Waals surface area contributed by atoms with Crippen molar-refractivity contribution in [2.45, 2.75) is 13.3 Å². The molecule has 0 saturated heterocycles. The van der Waals surface area contributed by atoms with Gasteiger partial charge in [0.05, 0.1) is 0 Å². The van der Waals surface area contributed by atoms with Gasteiger partial charge in [0.2, 0.25) is 6.93 Å². The van der Waals surface area contributed by atoms with Crippen molar-refractivity contribution >= 4 is 0 Å². The van der Waals surface area contributed by atoms with Crippen molar-refractivity contribution in [2.75, 3.05) is 6.93 Å². The van der Waals surface area contributed by atoms with Crippen LogP contribution in [0.2, 0.25) is 0 Å². The van der Waals surface area contributed by atoms with Crippen molar-refractivity contribution in [3.05, 3.63) is 35.6 Å². The lowest BCUT2D eigenvalue weighted by Crippen LogP contribution is -1.78. The summed E-state index contributed by atoms with van der Waals surface area (Å²) in [6, 6.07) is 6.57. The molecule has 3 heteroatoms. The van der Waals surface area contributed by atoms with Crippen molar-refractivity contribution in [2.24, 2.45) is 0 Å². The minimum atomic E-state index is -1.75. The zero-order valence-electron chi connectivity index (χ0n) is 6.86. The number of alkyl halides is 2. The average Bonchev–Trinajstić information content (AvgIpc) is 2.07. The lowest BCUT2D eigenvalue weighted by Gasteiger charge is -1.92. The van der Waals surface area contributed by atoms with E-state index >= 15 is 0 Å². The first kappa shape index (κ1) is 11.0. The first-order chi connectivity index (χ1) is 5.74. The maximum atomic E-state index is 12.2. The third-order valence-electron chi connectivity index (χ3n) is 1.32. The van der Waals surface area contributed by atoms with Gasteiger partial charge in [0.15, 0.2) is 0 Å². The fourth-order valence-corrected chi connectivity index (χ4v) is 0.720. The van der Waals surface area contributed by atoms with E-state index in [0.717, 1.165) is 6.42 Å². The number of rotatable bonds is 1. The lowest BCUT2D eigenvalue weighted by atomic mass is 10.2. The number of halogens is 3. The van der Waals surface area contributed by atoms with Crippen molar-refractivity contribution in [3.63, 3.8) is 0 Å². The molecule has 1 aromatic rings. The van der Waals surface area contributed by atoms with Crippen molar-refractivity contribution < 1.29 is 13.2 Å². The zero-order valence-corrected chi connectivity index (χ0v) is 6.86. The smallest absolute Gasteiger partial charge is 0.214 e. The summed E-state index contributed by atoms with van der Waals surface area (Å²) in [6.07, 6.45) is 0.972. The predicted octanol–water partition coefficient (Wildman–Crippen LogP) is 3.27. The van der Waals surface area contributed by atoms with Crippen LogP contribution in [0.5, 0.6) is 0 Å². The van der Waals surface area contributed by atoms with Crippen LogP contribution in [0.25, 0.3) is 0 Å². The third-order valence-corrected chi connectivity index (χ3v) is 1.32. The van der Waals surface area contributed by atoms with Crippen LogP contribution in [0.1, 0.15) is 12.5 Å². The molecule has 0 aliphatic rings. The topological polar surface area (TPSA) is 0 Å². The molecule has 0 amide bonds. The van der Waals surface area contributed by atoms with Gasteiger partial charge in [-0.2, -0.15) is 0 Å². The van der Waals surface area contributed by atoms with Gasteiger partial charge in [0.25, 0.3) is 0 Å². The number of aryl methyl sites for hydroxylation is 1. The van der Waals surface area contributed by atoms with Crippen molar-refractivity contribution in [3.8, 4) is 0 Å². The van der Waals surface area contributed by atoms with E-state index in [1.165, 1.54) is 17.7 Å². The molecule has 0 aliphatic heterocycles. The second-order valence-electron chi connectivity index (χ2n) is 2.08. The van der Waals surface area contributed by atoms with E-state index in [0.29, 0.717) is 0 Å². The molecule has 0 atom stereocenters. The monoisotopic (exact) mass is 176 g/mol. The molecular formula is C9H11F3. The molecule has 1 rings (SSSR count). The highest BCUT2D eigenvalue weighted by atomic mass is 19.3. The maximum Gasteiger partial charge on any atom is 0.229 e. The molecule has 0 unspecified atom stereocenters. The van der Waals surface area contributed by atoms with Gasteiger partial charge in [-0.15, -0.1) is 0 Å². The van der Waals surface area contributed by atoms with Gasteiger partial charge < -0.3 is 0 Å². The summed E-state index contributed by atoms with van der Waals surface area (Å²) in [5.74, 6) is -0.160. The van der Waals surface area contributed by atoms with Crippen molar-refractivity contribution in [1.29, 1.82) is 0 Å². The van der Waals surface area contributed by atoms with Gasteiger partial charge in [-0.3, -0.25) is 0 Å². The SMILES string of the molecule is CCc1ccc(F)cc1.FCF. The molecule has 12 heavy (non-hydrogen) atoms. The molecule has 0 fully saturated rings. The molecule has 0 heterocycles. The molecule has 0 aromatic heterocycles. The highest BCUT2D eigenvalue weighted by molar-refractivity contribution is 5.15. The summed E-state index contributed by atoms with van der Waals surface area (Å²) in [5, 5.41) is 0. The second-order valence-corrected chi connectivity index (χ2v) is 2.08. The van der Waals surface area contributed by atoms with E-state index in [1.54, 1.807) is 12.1 Å². The standard InChI is InChI=1S/C8H9F.CH2F2/c1-2-7-3-5-8(9)6-4-7;2-1-3/h3-6H,2H2,1H3;1H2. The Morgan fingerprint density at radius 3 is 1.83 bits per heavy atom. The van der Waals surface area contributed by atoms with Gasteiger partial charge in [-0.05, 0) is 24.1 Å². The Morgan fingerprint density at radius 1 is 1.08 bits per heavy atom. The first-order valence-electron chi connectivity index (χ1n) is 3.61. The Balaban J connectivity index is 0.000000354. The van der Waals surface area contributed by atoms with Crippen LogP contribution < -0.4 is 0 Å². The minimum Gasteiger partial charge on any atom is -0.214 e. The van der Waals surface area contributed by atoms with E-state index in [1.807, 2.05) is 6.92 Å². The van der Waals surface area contributed by atoms with E-state index in [9.17, 15) is 13.2 Å². The fourth-order valence-electron chi connectivity index (χ4n) is 0.720. The van der Waals surface area contributed by atoms with E-state index < -0.39 is 6.93 Å². The predicted molar refractivity (Wildman–Crippen MR) is 42.9 cm³/mol. The molecule has 68 valence electrons.